The molecule has 0 aromatic heterocycles. The summed E-state index contributed by atoms with van der Waals surface area (Å²) < 4.78 is 64.4. The highest BCUT2D eigenvalue weighted by Gasteiger charge is 2.21. The van der Waals surface area contributed by atoms with Gasteiger partial charge in [-0.2, -0.15) is 0 Å². The van der Waals surface area contributed by atoms with Crippen LogP contribution >= 0.6 is 0 Å². The monoisotopic (exact) mass is 298 g/mol. The third kappa shape index (κ3) is 2.96. The molecule has 0 aliphatic rings. The molecule has 0 spiro atoms. The minimum Gasteiger partial charge on any atom is -0.497 e. The molecular formula is C14H11BF4O2. The second-order valence-electron chi connectivity index (χ2n) is 4.29. The van der Waals surface area contributed by atoms with E-state index in [9.17, 15) is 17.6 Å². The van der Waals surface area contributed by atoms with E-state index in [1.807, 2.05) is 0 Å². The van der Waals surface area contributed by atoms with Gasteiger partial charge in [-0.15, -0.1) is 0 Å². The molecule has 0 aliphatic heterocycles. The molecule has 0 heterocycles. The Bertz CT molecular complexity index is 677. The molecule has 0 aliphatic carbocycles. The van der Waals surface area contributed by atoms with E-state index in [4.69, 9.17) is 9.47 Å². The minimum absolute atomic E-state index is 0.117. The van der Waals surface area contributed by atoms with Crippen LogP contribution < -0.4 is 20.4 Å². The first-order chi connectivity index (χ1) is 9.97. The van der Waals surface area contributed by atoms with Crippen molar-refractivity contribution in [3.63, 3.8) is 0 Å². The molecule has 2 nitrogen and oxygen atoms in total. The number of hydrogen-bond donors (Lipinski definition) is 0. The SMILES string of the molecule is COc1ccc(F)c(Bc2c(F)cc(F)cc2OC)c1F. The van der Waals surface area contributed by atoms with Crippen LogP contribution in [0.5, 0.6) is 11.5 Å². The van der Waals surface area contributed by atoms with Crippen LogP contribution in [0.2, 0.25) is 0 Å². The van der Waals surface area contributed by atoms with Crippen LogP contribution in [0.4, 0.5) is 17.6 Å². The Morgan fingerprint density at radius 3 is 2.10 bits per heavy atom. The summed E-state index contributed by atoms with van der Waals surface area (Å²) in [5, 5.41) is 0. The van der Waals surface area contributed by atoms with Crippen LogP contribution in [0.3, 0.4) is 0 Å². The third-order valence-corrected chi connectivity index (χ3v) is 3.06. The molecule has 2 aromatic carbocycles. The molecule has 0 fully saturated rings. The van der Waals surface area contributed by atoms with E-state index in [1.54, 1.807) is 0 Å². The highest BCUT2D eigenvalue weighted by Crippen LogP contribution is 2.17. The molecule has 21 heavy (non-hydrogen) atoms. The van der Waals surface area contributed by atoms with Crippen LogP contribution in [0.1, 0.15) is 0 Å². The summed E-state index contributed by atoms with van der Waals surface area (Å²) >= 11 is 0. The van der Waals surface area contributed by atoms with Crippen LogP contribution in [-0.2, 0) is 0 Å². The van der Waals surface area contributed by atoms with Crippen molar-refractivity contribution in [2.45, 2.75) is 0 Å². The quantitative estimate of drug-likeness (QED) is 0.631. The molecule has 0 atom stereocenters. The maximum atomic E-state index is 14.1. The normalized spacial score (nSPS) is 10.4. The Balaban J connectivity index is 2.53. The number of ether oxygens (including phenoxy) is 2. The van der Waals surface area contributed by atoms with E-state index in [0.717, 1.165) is 18.2 Å². The van der Waals surface area contributed by atoms with Gasteiger partial charge in [0.05, 0.1) is 14.2 Å². The van der Waals surface area contributed by atoms with E-state index in [-0.39, 0.29) is 22.4 Å². The largest absolute Gasteiger partial charge is 0.497 e. The summed E-state index contributed by atoms with van der Waals surface area (Å²) in [5.74, 6) is -3.82. The molecule has 0 unspecified atom stereocenters. The summed E-state index contributed by atoms with van der Waals surface area (Å²) in [6, 6.07) is 3.74. The highest BCUT2D eigenvalue weighted by atomic mass is 19.1. The third-order valence-electron chi connectivity index (χ3n) is 3.06. The minimum atomic E-state index is -0.937. The van der Waals surface area contributed by atoms with E-state index in [0.29, 0.717) is 6.07 Å². The molecule has 0 saturated heterocycles. The van der Waals surface area contributed by atoms with E-state index >= 15 is 0 Å². The lowest BCUT2D eigenvalue weighted by Crippen LogP contribution is -2.35. The van der Waals surface area contributed by atoms with E-state index in [2.05, 4.69) is 0 Å². The van der Waals surface area contributed by atoms with Crippen LogP contribution in [0.15, 0.2) is 24.3 Å². The lowest BCUT2D eigenvalue weighted by atomic mass is 9.62. The van der Waals surface area contributed by atoms with E-state index in [1.165, 1.54) is 14.2 Å². The molecule has 7 heteroatoms. The van der Waals surface area contributed by atoms with Gasteiger partial charge in [-0.25, -0.2) is 17.6 Å². The topological polar surface area (TPSA) is 18.5 Å². The lowest BCUT2D eigenvalue weighted by Gasteiger charge is -2.12. The zero-order valence-corrected chi connectivity index (χ0v) is 11.3. The van der Waals surface area contributed by atoms with Crippen molar-refractivity contribution >= 4 is 18.2 Å². The summed E-state index contributed by atoms with van der Waals surface area (Å²) in [4.78, 5) is 0. The summed E-state index contributed by atoms with van der Waals surface area (Å²) in [7, 11) is 2.03. The average Bonchev–Trinajstić information content (AvgIpc) is 2.44. The second kappa shape index (κ2) is 6.07. The number of rotatable bonds is 4. The first kappa shape index (κ1) is 15.2. The van der Waals surface area contributed by atoms with Crippen molar-refractivity contribution in [2.24, 2.45) is 0 Å². The molecular weight excluding hydrogens is 287 g/mol. The predicted molar refractivity (Wildman–Crippen MR) is 72.2 cm³/mol. The first-order valence-corrected chi connectivity index (χ1v) is 6.00. The molecule has 0 radical (unpaired) electrons. The van der Waals surface area contributed by atoms with Gasteiger partial charge in [0.15, 0.2) is 11.6 Å². The standard InChI is InChI=1S/C14H11BF4O2/c1-20-10-4-3-8(17)13(14(10)19)15-12-9(18)5-7(16)6-11(12)21-2/h3-6,15H,1-2H3. The van der Waals surface area contributed by atoms with Gasteiger partial charge in [-0.1, -0.05) is 0 Å². The zero-order valence-electron chi connectivity index (χ0n) is 11.3. The maximum absolute atomic E-state index is 14.1. The lowest BCUT2D eigenvalue weighted by molar-refractivity contribution is 0.386. The van der Waals surface area contributed by atoms with Gasteiger partial charge in [0.25, 0.3) is 0 Å². The van der Waals surface area contributed by atoms with Crippen LogP contribution in [-0.4, -0.2) is 21.5 Å². The fraction of sp³-hybridized carbons (Fsp3) is 0.143. The molecule has 0 amide bonds. The first-order valence-electron chi connectivity index (χ1n) is 6.00. The molecule has 2 rings (SSSR count). The number of benzene rings is 2. The zero-order chi connectivity index (χ0) is 15.6. The second-order valence-corrected chi connectivity index (χ2v) is 4.29. The fourth-order valence-electron chi connectivity index (χ4n) is 2.01. The number of hydrogen-bond acceptors (Lipinski definition) is 2. The Hall–Kier alpha value is -2.18. The van der Waals surface area contributed by atoms with Crippen molar-refractivity contribution in [2.75, 3.05) is 14.2 Å². The summed E-state index contributed by atoms with van der Waals surface area (Å²) in [6.07, 6.45) is 0. The van der Waals surface area contributed by atoms with Gasteiger partial charge in [-0.3, -0.25) is 0 Å². The van der Waals surface area contributed by atoms with Crippen LogP contribution in [0.25, 0.3) is 0 Å². The predicted octanol–water partition coefficient (Wildman–Crippen LogP) is 1.65. The van der Waals surface area contributed by atoms with E-state index < -0.39 is 30.5 Å². The molecule has 110 valence electrons. The van der Waals surface area contributed by atoms with Gasteiger partial charge in [0, 0.05) is 12.1 Å². The Morgan fingerprint density at radius 2 is 1.48 bits per heavy atom. The van der Waals surface area contributed by atoms with Crippen molar-refractivity contribution in [1.82, 2.24) is 0 Å². The molecule has 0 saturated carbocycles. The van der Waals surface area contributed by atoms with Gasteiger partial charge in [-0.05, 0) is 23.1 Å². The maximum Gasteiger partial charge on any atom is 0.208 e. The van der Waals surface area contributed by atoms with Gasteiger partial charge in [0.1, 0.15) is 23.2 Å². The van der Waals surface area contributed by atoms with Gasteiger partial charge < -0.3 is 9.47 Å². The molecule has 0 bridgehead atoms. The summed E-state index contributed by atoms with van der Waals surface area (Å²) in [5.41, 5.74) is -0.511. The van der Waals surface area contributed by atoms with Crippen molar-refractivity contribution < 1.29 is 27.0 Å². The Labute approximate surface area is 119 Å². The molecule has 2 aromatic rings. The van der Waals surface area contributed by atoms with Crippen molar-refractivity contribution in [3.8, 4) is 11.5 Å². The van der Waals surface area contributed by atoms with Crippen LogP contribution in [0, 0.1) is 23.3 Å². The summed E-state index contributed by atoms with van der Waals surface area (Å²) in [6.45, 7) is 0. The fourth-order valence-corrected chi connectivity index (χ4v) is 2.01. The van der Waals surface area contributed by atoms with Gasteiger partial charge >= 0.3 is 0 Å². The number of halogens is 4. The highest BCUT2D eigenvalue weighted by molar-refractivity contribution is 6.68. The van der Waals surface area contributed by atoms with Gasteiger partial charge in [0.2, 0.25) is 7.28 Å². The average molecular weight is 298 g/mol. The molecule has 0 N–H and O–H groups in total. The Kier molecular flexibility index (Phi) is 4.40. The Morgan fingerprint density at radius 1 is 0.810 bits per heavy atom. The van der Waals surface area contributed by atoms with Crippen molar-refractivity contribution in [1.29, 1.82) is 0 Å². The number of methoxy groups -OCH3 is 2. The van der Waals surface area contributed by atoms with Crippen molar-refractivity contribution in [3.05, 3.63) is 47.5 Å². The smallest absolute Gasteiger partial charge is 0.208 e.